The predicted octanol–water partition coefficient (Wildman–Crippen LogP) is 3.60. The lowest BCUT2D eigenvalue weighted by Crippen LogP contribution is -2.43. The summed E-state index contributed by atoms with van der Waals surface area (Å²) in [6.45, 7) is 7.19. The van der Waals surface area contributed by atoms with Gasteiger partial charge in [0, 0.05) is 25.5 Å². The molecule has 7 nitrogen and oxygen atoms in total. The first-order chi connectivity index (χ1) is 15.9. The molecule has 0 aliphatic carbocycles. The van der Waals surface area contributed by atoms with Crippen LogP contribution in [0.5, 0.6) is 0 Å². The maximum absolute atomic E-state index is 13.8. The topological polar surface area (TPSA) is 69.2 Å². The highest BCUT2D eigenvalue weighted by Crippen LogP contribution is 2.26. The van der Waals surface area contributed by atoms with Crippen LogP contribution in [0.2, 0.25) is 0 Å². The second-order valence-corrected chi connectivity index (χ2v) is 8.50. The third-order valence-corrected chi connectivity index (χ3v) is 6.07. The van der Waals surface area contributed by atoms with E-state index in [4.69, 9.17) is 0 Å². The minimum atomic E-state index is -0.506. The number of aryl methyl sites for hydroxylation is 2. The Morgan fingerprint density at radius 2 is 1.61 bits per heavy atom. The van der Waals surface area contributed by atoms with Crippen molar-refractivity contribution < 1.29 is 4.79 Å². The van der Waals surface area contributed by atoms with Crippen LogP contribution in [0.25, 0.3) is 27.6 Å². The van der Waals surface area contributed by atoms with E-state index in [9.17, 15) is 14.4 Å². The average Bonchev–Trinajstić information content (AvgIpc) is 3.09. The van der Waals surface area contributed by atoms with Crippen molar-refractivity contribution in [3.8, 4) is 5.69 Å². The Bertz CT molecular complexity index is 1440. The molecule has 0 bridgehead atoms. The molecule has 2 aromatic heterocycles. The van der Waals surface area contributed by atoms with E-state index in [1.54, 1.807) is 29.2 Å². The smallest absolute Gasteiger partial charge is 0.336 e. The molecule has 0 unspecified atom stereocenters. The van der Waals surface area contributed by atoms with E-state index in [2.05, 4.69) is 0 Å². The second-order valence-electron chi connectivity index (χ2n) is 8.50. The lowest BCUT2D eigenvalue weighted by Gasteiger charge is -2.22. The van der Waals surface area contributed by atoms with E-state index in [0.29, 0.717) is 29.8 Å². The van der Waals surface area contributed by atoms with Crippen molar-refractivity contribution >= 4 is 27.8 Å². The van der Waals surface area contributed by atoms with Gasteiger partial charge in [0.15, 0.2) is 0 Å². The van der Waals surface area contributed by atoms with Gasteiger partial charge < -0.3 is 9.47 Å². The summed E-state index contributed by atoms with van der Waals surface area (Å²) in [6, 6.07) is 14.8. The van der Waals surface area contributed by atoms with Gasteiger partial charge in [-0.2, -0.15) is 0 Å². The van der Waals surface area contributed by atoms with E-state index in [-0.39, 0.29) is 18.0 Å². The molecule has 0 atom stereocenters. The number of carbonyl (C=O) groups excluding carboxylic acids is 1. The van der Waals surface area contributed by atoms with Crippen molar-refractivity contribution in [2.75, 3.05) is 13.1 Å². The summed E-state index contributed by atoms with van der Waals surface area (Å²) in [5.41, 5.74) is 2.37. The van der Waals surface area contributed by atoms with Crippen molar-refractivity contribution in [2.45, 2.75) is 40.2 Å². The van der Waals surface area contributed by atoms with Gasteiger partial charge in [0.25, 0.3) is 5.56 Å². The molecule has 4 rings (SSSR count). The lowest BCUT2D eigenvalue weighted by molar-refractivity contribution is -0.131. The van der Waals surface area contributed by atoms with Gasteiger partial charge in [-0.25, -0.2) is 9.36 Å². The van der Waals surface area contributed by atoms with Gasteiger partial charge in [0.05, 0.1) is 16.7 Å². The van der Waals surface area contributed by atoms with E-state index >= 15 is 0 Å². The molecule has 1 amide bonds. The van der Waals surface area contributed by atoms with Crippen LogP contribution >= 0.6 is 0 Å². The monoisotopic (exact) mass is 446 g/mol. The molecule has 7 heteroatoms. The molecular weight excluding hydrogens is 416 g/mol. The number of hydrogen-bond acceptors (Lipinski definition) is 3. The van der Waals surface area contributed by atoms with Crippen molar-refractivity contribution in [3.05, 3.63) is 74.9 Å². The van der Waals surface area contributed by atoms with Crippen molar-refractivity contribution in [1.82, 2.24) is 18.6 Å². The van der Waals surface area contributed by atoms with Crippen LogP contribution in [-0.2, 0) is 18.4 Å². The Morgan fingerprint density at radius 3 is 2.24 bits per heavy atom. The first-order valence-electron chi connectivity index (χ1n) is 11.5. The maximum Gasteiger partial charge on any atom is 0.336 e. The molecule has 0 saturated carbocycles. The molecule has 172 valence electrons. The maximum atomic E-state index is 13.8. The first kappa shape index (κ1) is 22.6. The third kappa shape index (κ3) is 3.88. The summed E-state index contributed by atoms with van der Waals surface area (Å²) in [5.74, 6) is -0.120. The van der Waals surface area contributed by atoms with Crippen LogP contribution in [0.1, 0.15) is 32.3 Å². The van der Waals surface area contributed by atoms with Crippen LogP contribution in [0.15, 0.2) is 58.1 Å². The van der Waals surface area contributed by atoms with E-state index in [1.165, 1.54) is 9.13 Å². The molecule has 0 saturated heterocycles. The molecule has 0 spiro atoms. The number of amides is 1. The summed E-state index contributed by atoms with van der Waals surface area (Å²) >= 11 is 0. The molecule has 4 aromatic rings. The summed E-state index contributed by atoms with van der Waals surface area (Å²) in [6.07, 6.45) is 1.68. The molecular formula is C26H30N4O3. The van der Waals surface area contributed by atoms with E-state index < -0.39 is 5.69 Å². The lowest BCUT2D eigenvalue weighted by atomic mass is 10.1. The fourth-order valence-electron chi connectivity index (χ4n) is 4.55. The van der Waals surface area contributed by atoms with Gasteiger partial charge in [-0.1, -0.05) is 43.7 Å². The van der Waals surface area contributed by atoms with Gasteiger partial charge in [0.1, 0.15) is 12.1 Å². The largest absolute Gasteiger partial charge is 0.341 e. The summed E-state index contributed by atoms with van der Waals surface area (Å²) in [5, 5.41) is 0.798. The average molecular weight is 447 g/mol. The molecule has 0 fully saturated rings. The standard InChI is InChI=1S/C26H30N4O3/c1-5-14-28(15-6-2)22(31)17-29-23-20-16-18(3)12-13-21(20)27(4)24(23)25(32)30(26(29)33)19-10-8-7-9-11-19/h7-13,16H,5-6,14-15,17H2,1-4H3. The van der Waals surface area contributed by atoms with Crippen LogP contribution in [-0.4, -0.2) is 37.6 Å². The zero-order valence-corrected chi connectivity index (χ0v) is 19.7. The Labute approximate surface area is 192 Å². The third-order valence-electron chi connectivity index (χ3n) is 6.07. The van der Waals surface area contributed by atoms with Crippen LogP contribution in [0, 0.1) is 6.92 Å². The Hall–Kier alpha value is -3.61. The highest BCUT2D eigenvalue weighted by Gasteiger charge is 2.23. The molecule has 0 radical (unpaired) electrons. The van der Waals surface area contributed by atoms with Crippen molar-refractivity contribution in [2.24, 2.45) is 7.05 Å². The fourth-order valence-corrected chi connectivity index (χ4v) is 4.55. The number of carbonyl (C=O) groups is 1. The molecule has 33 heavy (non-hydrogen) atoms. The van der Waals surface area contributed by atoms with Gasteiger partial charge >= 0.3 is 5.69 Å². The highest BCUT2D eigenvalue weighted by molar-refractivity contribution is 6.06. The van der Waals surface area contributed by atoms with Crippen molar-refractivity contribution in [1.29, 1.82) is 0 Å². The number of benzene rings is 2. The van der Waals surface area contributed by atoms with E-state index in [0.717, 1.165) is 29.3 Å². The normalized spacial score (nSPS) is 11.4. The summed E-state index contributed by atoms with van der Waals surface area (Å²) in [4.78, 5) is 42.5. The molecule has 2 aromatic carbocycles. The fraction of sp³-hybridized carbons (Fsp3) is 0.346. The van der Waals surface area contributed by atoms with Crippen LogP contribution in [0.4, 0.5) is 0 Å². The zero-order valence-electron chi connectivity index (χ0n) is 19.7. The molecule has 0 aliphatic heterocycles. The first-order valence-corrected chi connectivity index (χ1v) is 11.5. The highest BCUT2D eigenvalue weighted by atomic mass is 16.2. The predicted molar refractivity (Wildman–Crippen MR) is 132 cm³/mol. The Morgan fingerprint density at radius 1 is 0.939 bits per heavy atom. The minimum Gasteiger partial charge on any atom is -0.341 e. The van der Waals surface area contributed by atoms with Gasteiger partial charge in [-0.3, -0.25) is 14.2 Å². The number of aromatic nitrogens is 3. The number of nitrogens with zero attached hydrogens (tertiary/aromatic N) is 4. The minimum absolute atomic E-state index is 0.116. The molecule has 0 aliphatic rings. The van der Waals surface area contributed by atoms with Gasteiger partial charge in [-0.15, -0.1) is 0 Å². The van der Waals surface area contributed by atoms with Crippen molar-refractivity contribution in [3.63, 3.8) is 0 Å². The van der Waals surface area contributed by atoms with Crippen LogP contribution in [0.3, 0.4) is 0 Å². The SMILES string of the molecule is CCCN(CCC)C(=O)Cn1c(=O)n(-c2ccccc2)c(=O)c2c1c1cc(C)ccc1n2C. The Kier molecular flexibility index (Phi) is 6.22. The van der Waals surface area contributed by atoms with E-state index in [1.807, 2.05) is 56.7 Å². The quantitative estimate of drug-likeness (QED) is 0.436. The Balaban J connectivity index is 2.07. The number of hydrogen-bond donors (Lipinski definition) is 0. The summed E-state index contributed by atoms with van der Waals surface area (Å²) in [7, 11) is 1.83. The number of para-hydroxylation sites is 1. The van der Waals surface area contributed by atoms with Gasteiger partial charge in [-0.05, 0) is 44.0 Å². The number of rotatable bonds is 7. The van der Waals surface area contributed by atoms with Crippen LogP contribution < -0.4 is 11.2 Å². The zero-order chi connectivity index (χ0) is 23.7. The van der Waals surface area contributed by atoms with Gasteiger partial charge in [0.2, 0.25) is 5.91 Å². The number of fused-ring (bicyclic) bond motifs is 3. The second kappa shape index (κ2) is 9.10. The summed E-state index contributed by atoms with van der Waals surface area (Å²) < 4.78 is 4.47. The molecule has 0 N–H and O–H groups in total. The molecule has 2 heterocycles.